The van der Waals surface area contributed by atoms with Crippen LogP contribution >= 0.6 is 11.6 Å². The second-order valence-corrected chi connectivity index (χ2v) is 10.2. The average molecular weight is 532 g/mol. The molecular formula is C28H29ClF3N3O2. The van der Waals surface area contributed by atoms with E-state index in [0.29, 0.717) is 11.3 Å². The minimum Gasteiger partial charge on any atom is -0.334 e. The van der Waals surface area contributed by atoms with Gasteiger partial charge in [0.15, 0.2) is 0 Å². The molecule has 0 unspecified atom stereocenters. The van der Waals surface area contributed by atoms with Gasteiger partial charge in [0, 0.05) is 32.4 Å². The molecule has 0 aliphatic carbocycles. The third-order valence-corrected chi connectivity index (χ3v) is 6.18. The van der Waals surface area contributed by atoms with E-state index in [1.54, 1.807) is 0 Å². The summed E-state index contributed by atoms with van der Waals surface area (Å²) < 4.78 is 40.0. The molecule has 0 fully saturated rings. The van der Waals surface area contributed by atoms with E-state index in [0.717, 1.165) is 17.2 Å². The Morgan fingerprint density at radius 2 is 1.65 bits per heavy atom. The molecule has 2 amide bonds. The summed E-state index contributed by atoms with van der Waals surface area (Å²) in [5, 5.41) is 2.26. The number of amides is 2. The maximum Gasteiger partial charge on any atom is 0.417 e. The van der Waals surface area contributed by atoms with Gasteiger partial charge in [-0.05, 0) is 46.7 Å². The van der Waals surface area contributed by atoms with Crippen LogP contribution in [0.25, 0.3) is 0 Å². The lowest BCUT2D eigenvalue weighted by atomic mass is 9.87. The van der Waals surface area contributed by atoms with Gasteiger partial charge in [0.25, 0.3) is 5.91 Å². The third kappa shape index (κ3) is 7.55. The van der Waals surface area contributed by atoms with Crippen LogP contribution in [-0.2, 0) is 29.4 Å². The zero-order valence-electron chi connectivity index (χ0n) is 21.1. The fourth-order valence-electron chi connectivity index (χ4n) is 3.83. The number of anilines is 1. The number of carbonyl (C=O) groups excluding carboxylic acids is 2. The van der Waals surface area contributed by atoms with E-state index in [2.05, 4.69) is 31.1 Å². The monoisotopic (exact) mass is 531 g/mol. The zero-order chi connectivity index (χ0) is 27.4. The van der Waals surface area contributed by atoms with E-state index in [4.69, 9.17) is 11.6 Å². The van der Waals surface area contributed by atoms with Crippen LogP contribution in [0.3, 0.4) is 0 Å². The minimum absolute atomic E-state index is 0.0399. The quantitative estimate of drug-likeness (QED) is 0.361. The zero-order valence-corrected chi connectivity index (χ0v) is 21.9. The van der Waals surface area contributed by atoms with Crippen molar-refractivity contribution in [2.75, 3.05) is 11.9 Å². The number of pyridine rings is 1. The number of aromatic nitrogens is 1. The standard InChI is InChI=1S/C28H29ClF3N3O2/c1-18(36)34-25-11-13-33-16-22(25)26(37)35(17-20-5-8-21(9-6-20)27(2,3)4)14-12-19-7-10-24(29)23(15-19)28(30,31)32/h5-11,13,15-16H,12,14,17H2,1-4H3,(H,33,34,36). The Labute approximate surface area is 219 Å². The van der Waals surface area contributed by atoms with Crippen molar-refractivity contribution in [3.8, 4) is 0 Å². The largest absolute Gasteiger partial charge is 0.417 e. The first-order valence-corrected chi connectivity index (χ1v) is 12.1. The molecule has 0 saturated carbocycles. The van der Waals surface area contributed by atoms with Gasteiger partial charge >= 0.3 is 6.18 Å². The normalized spacial score (nSPS) is 11.8. The topological polar surface area (TPSA) is 62.3 Å². The van der Waals surface area contributed by atoms with E-state index in [1.165, 1.54) is 42.4 Å². The van der Waals surface area contributed by atoms with Gasteiger partial charge in [-0.1, -0.05) is 62.7 Å². The molecule has 0 radical (unpaired) electrons. The lowest BCUT2D eigenvalue weighted by molar-refractivity contribution is -0.137. The van der Waals surface area contributed by atoms with E-state index in [1.807, 2.05) is 24.3 Å². The van der Waals surface area contributed by atoms with Crippen molar-refractivity contribution in [1.82, 2.24) is 9.88 Å². The number of rotatable bonds is 7. The van der Waals surface area contributed by atoms with Gasteiger partial charge in [0.1, 0.15) is 0 Å². The van der Waals surface area contributed by atoms with Crippen LogP contribution in [0.2, 0.25) is 5.02 Å². The van der Waals surface area contributed by atoms with E-state index in [9.17, 15) is 22.8 Å². The Bertz CT molecular complexity index is 1270. The molecule has 3 aromatic rings. The van der Waals surface area contributed by atoms with Crippen molar-refractivity contribution in [3.05, 3.63) is 93.8 Å². The molecule has 0 aliphatic heterocycles. The highest BCUT2D eigenvalue weighted by atomic mass is 35.5. The first-order valence-electron chi connectivity index (χ1n) is 11.7. The van der Waals surface area contributed by atoms with Crippen molar-refractivity contribution in [2.45, 2.75) is 52.3 Å². The number of hydrogen-bond acceptors (Lipinski definition) is 3. The van der Waals surface area contributed by atoms with Gasteiger partial charge < -0.3 is 10.2 Å². The predicted octanol–water partition coefficient (Wildman–Crippen LogP) is 6.89. The van der Waals surface area contributed by atoms with Crippen LogP contribution < -0.4 is 5.32 Å². The maximum absolute atomic E-state index is 13.6. The first-order chi connectivity index (χ1) is 17.3. The number of alkyl halides is 3. The molecule has 196 valence electrons. The molecule has 0 aliphatic rings. The molecule has 37 heavy (non-hydrogen) atoms. The number of nitrogens with one attached hydrogen (secondary N) is 1. The van der Waals surface area contributed by atoms with Gasteiger partial charge in [0.05, 0.1) is 21.8 Å². The second-order valence-electron chi connectivity index (χ2n) is 9.84. The highest BCUT2D eigenvalue weighted by molar-refractivity contribution is 6.31. The molecular weight excluding hydrogens is 503 g/mol. The molecule has 1 heterocycles. The summed E-state index contributed by atoms with van der Waals surface area (Å²) in [6, 6.07) is 13.1. The van der Waals surface area contributed by atoms with E-state index >= 15 is 0 Å². The Kier molecular flexibility index (Phi) is 8.64. The van der Waals surface area contributed by atoms with Gasteiger partial charge in [-0.25, -0.2) is 0 Å². The van der Waals surface area contributed by atoms with Crippen molar-refractivity contribution < 1.29 is 22.8 Å². The summed E-state index contributed by atoms with van der Waals surface area (Å²) >= 11 is 5.76. The smallest absolute Gasteiger partial charge is 0.334 e. The average Bonchev–Trinajstić information content (AvgIpc) is 2.81. The fraction of sp³-hybridized carbons (Fsp3) is 0.321. The summed E-state index contributed by atoms with van der Waals surface area (Å²) in [4.78, 5) is 30.8. The summed E-state index contributed by atoms with van der Waals surface area (Å²) in [5.41, 5.74) is 1.94. The highest BCUT2D eigenvalue weighted by Crippen LogP contribution is 2.35. The summed E-state index contributed by atoms with van der Waals surface area (Å²) in [6.07, 6.45) is -1.58. The van der Waals surface area contributed by atoms with Gasteiger partial charge in [0.2, 0.25) is 5.91 Å². The number of halogens is 4. The molecule has 0 spiro atoms. The molecule has 0 bridgehead atoms. The molecule has 3 rings (SSSR count). The molecule has 1 N–H and O–H groups in total. The van der Waals surface area contributed by atoms with Crippen LogP contribution in [0.15, 0.2) is 60.9 Å². The van der Waals surface area contributed by atoms with Crippen LogP contribution in [0.1, 0.15) is 60.3 Å². The number of hydrogen-bond donors (Lipinski definition) is 1. The van der Waals surface area contributed by atoms with Crippen LogP contribution in [0.4, 0.5) is 18.9 Å². The SMILES string of the molecule is CC(=O)Nc1ccncc1C(=O)N(CCc1ccc(Cl)c(C(F)(F)F)c1)Cc1ccc(C(C)(C)C)cc1. The van der Waals surface area contributed by atoms with E-state index < -0.39 is 17.6 Å². The minimum atomic E-state index is -4.58. The summed E-state index contributed by atoms with van der Waals surface area (Å²) in [5.74, 6) is -0.743. The van der Waals surface area contributed by atoms with Crippen molar-refractivity contribution in [2.24, 2.45) is 0 Å². The highest BCUT2D eigenvalue weighted by Gasteiger charge is 2.33. The molecule has 0 saturated heterocycles. The second kappa shape index (κ2) is 11.3. The predicted molar refractivity (Wildman–Crippen MR) is 139 cm³/mol. The van der Waals surface area contributed by atoms with Crippen LogP contribution in [0.5, 0.6) is 0 Å². The Morgan fingerprint density at radius 3 is 2.24 bits per heavy atom. The number of benzene rings is 2. The summed E-state index contributed by atoms with van der Waals surface area (Å²) in [6.45, 7) is 7.99. The Morgan fingerprint density at radius 1 is 1.00 bits per heavy atom. The van der Waals surface area contributed by atoms with Crippen LogP contribution in [-0.4, -0.2) is 28.2 Å². The Balaban J connectivity index is 1.92. The molecule has 0 atom stereocenters. The van der Waals surface area contributed by atoms with Gasteiger partial charge in [-0.15, -0.1) is 0 Å². The number of carbonyl (C=O) groups is 2. The molecule has 1 aromatic heterocycles. The molecule has 9 heteroatoms. The van der Waals surface area contributed by atoms with Gasteiger partial charge in [-0.2, -0.15) is 13.2 Å². The lowest BCUT2D eigenvalue weighted by Crippen LogP contribution is -2.33. The first kappa shape index (κ1) is 28.2. The fourth-order valence-corrected chi connectivity index (χ4v) is 4.05. The Hall–Kier alpha value is -3.39. The van der Waals surface area contributed by atoms with Crippen molar-refractivity contribution in [3.63, 3.8) is 0 Å². The van der Waals surface area contributed by atoms with Crippen molar-refractivity contribution in [1.29, 1.82) is 0 Å². The lowest BCUT2D eigenvalue weighted by Gasteiger charge is -2.25. The third-order valence-electron chi connectivity index (χ3n) is 5.85. The maximum atomic E-state index is 13.6. The molecule has 5 nitrogen and oxygen atoms in total. The van der Waals surface area contributed by atoms with Crippen LogP contribution in [0, 0.1) is 0 Å². The summed E-state index contributed by atoms with van der Waals surface area (Å²) in [7, 11) is 0. The number of nitrogens with zero attached hydrogens (tertiary/aromatic N) is 2. The molecule has 2 aromatic carbocycles. The van der Waals surface area contributed by atoms with Crippen molar-refractivity contribution >= 4 is 29.1 Å². The van der Waals surface area contributed by atoms with Gasteiger partial charge in [-0.3, -0.25) is 14.6 Å². The van der Waals surface area contributed by atoms with E-state index in [-0.39, 0.29) is 41.4 Å².